The molecular formula is C22H25N5O2. The lowest BCUT2D eigenvalue weighted by Crippen LogP contribution is -2.32. The van der Waals surface area contributed by atoms with Crippen molar-refractivity contribution in [2.45, 2.75) is 38.8 Å². The van der Waals surface area contributed by atoms with Crippen molar-refractivity contribution >= 4 is 11.9 Å². The Hall–Kier alpha value is -3.19. The van der Waals surface area contributed by atoms with Gasteiger partial charge in [-0.05, 0) is 44.4 Å². The summed E-state index contributed by atoms with van der Waals surface area (Å²) >= 11 is 0. The quantitative estimate of drug-likeness (QED) is 0.576. The molecule has 150 valence electrons. The van der Waals surface area contributed by atoms with Crippen LogP contribution in [-0.2, 0) is 0 Å². The molecule has 0 aliphatic heterocycles. The topological polar surface area (TPSA) is 92.1 Å². The first-order valence-electron chi connectivity index (χ1n) is 9.81. The number of benzene rings is 1. The van der Waals surface area contributed by atoms with Crippen molar-refractivity contribution in [2.24, 2.45) is 0 Å². The molecule has 3 aromatic rings. The van der Waals surface area contributed by atoms with Crippen LogP contribution in [0.3, 0.4) is 0 Å². The van der Waals surface area contributed by atoms with Gasteiger partial charge in [0, 0.05) is 24.0 Å². The Bertz CT molecular complexity index is 1030. The number of rotatable bonds is 7. The maximum absolute atomic E-state index is 13.0. The van der Waals surface area contributed by atoms with E-state index in [4.69, 9.17) is 0 Å². The molecule has 0 bridgehead atoms. The first kappa shape index (κ1) is 19.1. The first-order chi connectivity index (χ1) is 14.0. The van der Waals surface area contributed by atoms with Gasteiger partial charge in [-0.15, -0.1) is 0 Å². The molecule has 1 aromatic carbocycles. The molecule has 3 N–H and O–H groups in total. The average Bonchev–Trinajstić information content (AvgIpc) is 3.39. The van der Waals surface area contributed by atoms with Crippen molar-refractivity contribution in [3.8, 4) is 5.82 Å². The number of aromatic nitrogens is 3. The molecule has 7 nitrogen and oxygen atoms in total. The minimum absolute atomic E-state index is 0.183. The second kappa shape index (κ2) is 8.05. The lowest BCUT2D eigenvalue weighted by Gasteiger charge is -2.18. The number of carbonyl (C=O) groups excluding carboxylic acids is 1. The average molecular weight is 391 g/mol. The van der Waals surface area contributed by atoms with Gasteiger partial charge in [-0.3, -0.25) is 9.36 Å². The number of amides is 1. The summed E-state index contributed by atoms with van der Waals surface area (Å²) in [4.78, 5) is 22.0. The molecule has 1 aliphatic carbocycles. The zero-order chi connectivity index (χ0) is 20.4. The highest BCUT2D eigenvalue weighted by molar-refractivity contribution is 5.93. The molecule has 0 radical (unpaired) electrons. The number of carbonyl (C=O) groups is 1. The summed E-state index contributed by atoms with van der Waals surface area (Å²) in [6.45, 7) is 3.72. The molecule has 1 amide bonds. The van der Waals surface area contributed by atoms with Crippen molar-refractivity contribution in [1.82, 2.24) is 19.9 Å². The van der Waals surface area contributed by atoms with Crippen LogP contribution in [-0.4, -0.2) is 38.2 Å². The van der Waals surface area contributed by atoms with E-state index in [9.17, 15) is 9.90 Å². The normalized spacial score (nSPS) is 14.4. The summed E-state index contributed by atoms with van der Waals surface area (Å²) in [5.74, 6) is 0.959. The molecule has 1 unspecified atom stereocenters. The molecule has 1 fully saturated rings. The second-order valence-corrected chi connectivity index (χ2v) is 7.51. The van der Waals surface area contributed by atoms with Gasteiger partial charge in [0.2, 0.25) is 5.95 Å². The van der Waals surface area contributed by atoms with Crippen molar-refractivity contribution in [2.75, 3.05) is 11.9 Å². The van der Waals surface area contributed by atoms with Crippen LogP contribution >= 0.6 is 0 Å². The summed E-state index contributed by atoms with van der Waals surface area (Å²) in [5, 5.41) is 16.0. The highest BCUT2D eigenvalue weighted by Crippen LogP contribution is 2.24. The summed E-state index contributed by atoms with van der Waals surface area (Å²) in [6, 6.07) is 11.3. The van der Waals surface area contributed by atoms with E-state index in [0.29, 0.717) is 23.5 Å². The molecule has 0 spiro atoms. The zero-order valence-electron chi connectivity index (χ0n) is 16.6. The zero-order valence-corrected chi connectivity index (χ0v) is 16.6. The molecule has 29 heavy (non-hydrogen) atoms. The van der Waals surface area contributed by atoms with Gasteiger partial charge in [-0.1, -0.05) is 29.8 Å². The number of aliphatic hydroxyl groups is 1. The fraction of sp³-hybridized carbons (Fsp3) is 0.318. The third kappa shape index (κ3) is 4.30. The highest BCUT2D eigenvalue weighted by atomic mass is 16.3. The maximum atomic E-state index is 13.0. The lowest BCUT2D eigenvalue weighted by molar-refractivity contribution is 0.0909. The Morgan fingerprint density at radius 2 is 2.10 bits per heavy atom. The Kier molecular flexibility index (Phi) is 5.31. The van der Waals surface area contributed by atoms with Gasteiger partial charge in [-0.2, -0.15) is 4.98 Å². The van der Waals surface area contributed by atoms with Gasteiger partial charge >= 0.3 is 0 Å². The number of nitrogens with zero attached hydrogens (tertiary/aromatic N) is 3. The van der Waals surface area contributed by atoms with Gasteiger partial charge in [-0.25, -0.2) is 4.98 Å². The predicted molar refractivity (Wildman–Crippen MR) is 111 cm³/mol. The van der Waals surface area contributed by atoms with Crippen LogP contribution in [0, 0.1) is 13.8 Å². The van der Waals surface area contributed by atoms with E-state index < -0.39 is 6.04 Å². The SMILES string of the molecule is Cc1cccc(C(CO)NC(=O)c2cccn2-c2nc(NC3CC3)ncc2C)c1. The van der Waals surface area contributed by atoms with E-state index >= 15 is 0 Å². The summed E-state index contributed by atoms with van der Waals surface area (Å²) in [7, 11) is 0. The third-order valence-electron chi connectivity index (χ3n) is 5.00. The molecule has 1 saturated carbocycles. The Morgan fingerprint density at radius 1 is 1.28 bits per heavy atom. The number of nitrogens with one attached hydrogen (secondary N) is 2. The molecule has 2 aromatic heterocycles. The largest absolute Gasteiger partial charge is 0.394 e. The standard InChI is InChI=1S/C22H25N5O2/c1-14-5-3-6-16(11-14)18(13-28)25-21(29)19-7-4-10-27(19)20-15(2)12-23-22(26-20)24-17-8-9-17/h3-7,10-12,17-18,28H,8-9,13H2,1-2H3,(H,25,29)(H,23,24,26). The van der Waals surface area contributed by atoms with Crippen molar-refractivity contribution in [1.29, 1.82) is 0 Å². The van der Waals surface area contributed by atoms with E-state index in [1.807, 2.05) is 50.4 Å². The van der Waals surface area contributed by atoms with Gasteiger partial charge in [0.25, 0.3) is 5.91 Å². The molecule has 0 saturated heterocycles. The molecule has 1 aliphatic rings. The van der Waals surface area contributed by atoms with E-state index in [2.05, 4.69) is 20.6 Å². The molecule has 1 atom stereocenters. The van der Waals surface area contributed by atoms with E-state index in [1.54, 1.807) is 16.8 Å². The Labute approximate surface area is 169 Å². The minimum atomic E-state index is -0.482. The fourth-order valence-corrected chi connectivity index (χ4v) is 3.26. The van der Waals surface area contributed by atoms with Gasteiger partial charge < -0.3 is 15.7 Å². The van der Waals surface area contributed by atoms with Crippen LogP contribution in [0.2, 0.25) is 0 Å². The van der Waals surface area contributed by atoms with Crippen LogP contribution in [0.25, 0.3) is 5.82 Å². The minimum Gasteiger partial charge on any atom is -0.394 e. The number of aryl methyl sites for hydroxylation is 2. The summed E-state index contributed by atoms with van der Waals surface area (Å²) in [5.41, 5.74) is 3.27. The summed E-state index contributed by atoms with van der Waals surface area (Å²) in [6.07, 6.45) is 5.83. The van der Waals surface area contributed by atoms with E-state index in [-0.39, 0.29) is 12.5 Å². The molecule has 7 heteroatoms. The van der Waals surface area contributed by atoms with Crippen molar-refractivity contribution in [3.63, 3.8) is 0 Å². The second-order valence-electron chi connectivity index (χ2n) is 7.51. The highest BCUT2D eigenvalue weighted by Gasteiger charge is 2.23. The van der Waals surface area contributed by atoms with Crippen molar-refractivity contribution in [3.05, 3.63) is 71.2 Å². The Morgan fingerprint density at radius 3 is 2.83 bits per heavy atom. The van der Waals surface area contributed by atoms with Crippen LogP contribution in [0.1, 0.15) is 46.1 Å². The number of anilines is 1. The van der Waals surface area contributed by atoms with Gasteiger partial charge in [0.05, 0.1) is 12.6 Å². The lowest BCUT2D eigenvalue weighted by atomic mass is 10.0. The smallest absolute Gasteiger partial charge is 0.268 e. The molecule has 4 rings (SSSR count). The Balaban J connectivity index is 1.59. The van der Waals surface area contributed by atoms with Crippen LogP contribution in [0.15, 0.2) is 48.8 Å². The molecule has 2 heterocycles. The number of hydrogen-bond acceptors (Lipinski definition) is 5. The van der Waals surface area contributed by atoms with E-state index in [0.717, 1.165) is 29.5 Å². The predicted octanol–water partition coefficient (Wildman–Crippen LogP) is 2.92. The first-order valence-corrected chi connectivity index (χ1v) is 9.81. The van der Waals surface area contributed by atoms with Gasteiger partial charge in [0.15, 0.2) is 0 Å². The summed E-state index contributed by atoms with van der Waals surface area (Å²) < 4.78 is 1.76. The number of hydrogen-bond donors (Lipinski definition) is 3. The third-order valence-corrected chi connectivity index (χ3v) is 5.00. The van der Waals surface area contributed by atoms with Crippen LogP contribution < -0.4 is 10.6 Å². The fourth-order valence-electron chi connectivity index (χ4n) is 3.26. The van der Waals surface area contributed by atoms with Gasteiger partial charge in [0.1, 0.15) is 11.5 Å². The maximum Gasteiger partial charge on any atom is 0.268 e. The monoisotopic (exact) mass is 391 g/mol. The number of aliphatic hydroxyl groups excluding tert-OH is 1. The van der Waals surface area contributed by atoms with Crippen LogP contribution in [0.5, 0.6) is 0 Å². The van der Waals surface area contributed by atoms with Crippen LogP contribution in [0.4, 0.5) is 5.95 Å². The molecular weight excluding hydrogens is 366 g/mol. The van der Waals surface area contributed by atoms with E-state index in [1.165, 1.54) is 0 Å². The van der Waals surface area contributed by atoms with Crippen molar-refractivity contribution < 1.29 is 9.90 Å².